The van der Waals surface area contributed by atoms with Crippen molar-refractivity contribution in [3.05, 3.63) is 70.7 Å². The van der Waals surface area contributed by atoms with E-state index in [0.29, 0.717) is 0 Å². The second-order valence-electron chi connectivity index (χ2n) is 7.34. The first kappa shape index (κ1) is 16.2. The van der Waals surface area contributed by atoms with Gasteiger partial charge in [0.1, 0.15) is 0 Å². The molecule has 2 aromatic heterocycles. The number of hydrogen-bond acceptors (Lipinski definition) is 4. The van der Waals surface area contributed by atoms with E-state index in [-0.39, 0.29) is 0 Å². The molecular weight excluding hydrogens is 336 g/mol. The molecule has 5 rings (SSSR count). The van der Waals surface area contributed by atoms with E-state index in [1.807, 2.05) is 4.68 Å². The molecule has 6 nitrogen and oxygen atoms in total. The van der Waals surface area contributed by atoms with Crippen LogP contribution in [0, 0.1) is 13.8 Å². The molecule has 136 valence electrons. The summed E-state index contributed by atoms with van der Waals surface area (Å²) in [4.78, 5) is 6.00. The van der Waals surface area contributed by atoms with Crippen LogP contribution in [0.2, 0.25) is 0 Å². The van der Waals surface area contributed by atoms with Gasteiger partial charge in [-0.3, -0.25) is 4.90 Å². The molecule has 0 fully saturated rings. The van der Waals surface area contributed by atoms with E-state index in [0.717, 1.165) is 37.6 Å². The fourth-order valence-electron chi connectivity index (χ4n) is 4.20. The zero-order valence-corrected chi connectivity index (χ0v) is 15.6. The molecule has 27 heavy (non-hydrogen) atoms. The van der Waals surface area contributed by atoms with E-state index in [9.17, 15) is 0 Å². The Hall–Kier alpha value is -2.99. The van der Waals surface area contributed by atoms with Gasteiger partial charge in [0.2, 0.25) is 0 Å². The molecule has 0 radical (unpaired) electrons. The predicted molar refractivity (Wildman–Crippen MR) is 105 cm³/mol. The Morgan fingerprint density at radius 3 is 2.70 bits per heavy atom. The van der Waals surface area contributed by atoms with Crippen LogP contribution in [0.3, 0.4) is 0 Å². The largest absolute Gasteiger partial charge is 0.357 e. The Morgan fingerprint density at radius 2 is 1.85 bits per heavy atom. The van der Waals surface area contributed by atoms with E-state index >= 15 is 0 Å². The van der Waals surface area contributed by atoms with Gasteiger partial charge in [-0.05, 0) is 53.5 Å². The van der Waals surface area contributed by atoms with Crippen LogP contribution in [0.15, 0.2) is 42.5 Å². The monoisotopic (exact) mass is 358 g/mol. The lowest BCUT2D eigenvalue weighted by Gasteiger charge is -2.26. The van der Waals surface area contributed by atoms with Crippen LogP contribution in [0.5, 0.6) is 0 Å². The number of aryl methyl sites for hydroxylation is 2. The second-order valence-corrected chi connectivity index (χ2v) is 7.34. The lowest BCUT2D eigenvalue weighted by molar-refractivity contribution is 0.235. The van der Waals surface area contributed by atoms with Gasteiger partial charge in [-0.2, -0.15) is 4.68 Å². The quantitative estimate of drug-likeness (QED) is 0.610. The van der Waals surface area contributed by atoms with Gasteiger partial charge in [0.25, 0.3) is 0 Å². The number of nitrogens with zero attached hydrogens (tertiary/aromatic N) is 5. The summed E-state index contributed by atoms with van der Waals surface area (Å²) >= 11 is 0. The van der Waals surface area contributed by atoms with Gasteiger partial charge in [0.15, 0.2) is 5.82 Å². The maximum absolute atomic E-state index is 4.32. The number of aromatic nitrogens is 5. The molecule has 1 N–H and O–H groups in total. The summed E-state index contributed by atoms with van der Waals surface area (Å²) < 4.78 is 1.89. The zero-order chi connectivity index (χ0) is 18.4. The van der Waals surface area contributed by atoms with E-state index in [2.05, 4.69) is 81.7 Å². The number of H-pyrrole nitrogens is 1. The highest BCUT2D eigenvalue weighted by Crippen LogP contribution is 2.28. The van der Waals surface area contributed by atoms with Crippen molar-refractivity contribution in [1.29, 1.82) is 0 Å². The molecule has 0 saturated carbocycles. The van der Waals surface area contributed by atoms with E-state index in [1.165, 1.54) is 33.3 Å². The van der Waals surface area contributed by atoms with Crippen molar-refractivity contribution in [3.8, 4) is 5.69 Å². The Bertz CT molecular complexity index is 1100. The minimum Gasteiger partial charge on any atom is -0.357 e. The number of aromatic amines is 1. The lowest BCUT2D eigenvalue weighted by Crippen LogP contribution is -2.31. The van der Waals surface area contributed by atoms with Crippen LogP contribution in [-0.2, 0) is 19.5 Å². The minimum atomic E-state index is 0.732. The van der Waals surface area contributed by atoms with Crippen molar-refractivity contribution in [2.75, 3.05) is 6.54 Å². The van der Waals surface area contributed by atoms with Crippen molar-refractivity contribution < 1.29 is 0 Å². The summed E-state index contributed by atoms with van der Waals surface area (Å²) in [7, 11) is 0. The molecule has 0 bridgehead atoms. The number of benzene rings is 2. The van der Waals surface area contributed by atoms with Crippen LogP contribution < -0.4 is 0 Å². The van der Waals surface area contributed by atoms with Crippen LogP contribution in [-0.4, -0.2) is 36.6 Å². The summed E-state index contributed by atoms with van der Waals surface area (Å²) in [5.41, 5.74) is 7.44. The van der Waals surface area contributed by atoms with Gasteiger partial charge >= 0.3 is 0 Å². The number of hydrogen-bond donors (Lipinski definition) is 1. The highest BCUT2D eigenvalue weighted by molar-refractivity contribution is 5.84. The predicted octanol–water partition coefficient (Wildman–Crippen LogP) is 3.32. The number of para-hydroxylation sites is 2. The minimum absolute atomic E-state index is 0.732. The van der Waals surface area contributed by atoms with Crippen molar-refractivity contribution >= 4 is 10.9 Å². The maximum atomic E-state index is 4.32. The van der Waals surface area contributed by atoms with Crippen LogP contribution in [0.1, 0.15) is 28.2 Å². The van der Waals surface area contributed by atoms with Crippen molar-refractivity contribution in [1.82, 2.24) is 30.1 Å². The Labute approximate surface area is 157 Å². The molecule has 0 amide bonds. The van der Waals surface area contributed by atoms with E-state index in [1.54, 1.807) is 0 Å². The molecule has 6 heteroatoms. The average molecular weight is 358 g/mol. The summed E-state index contributed by atoms with van der Waals surface area (Å²) in [5, 5.41) is 13.9. The first-order valence-corrected chi connectivity index (χ1v) is 9.35. The van der Waals surface area contributed by atoms with Crippen LogP contribution >= 0.6 is 0 Å². The molecule has 1 aliphatic rings. The normalized spacial score (nSPS) is 14.6. The highest BCUT2D eigenvalue weighted by atomic mass is 15.5. The molecule has 0 aliphatic carbocycles. The Kier molecular flexibility index (Phi) is 3.79. The second kappa shape index (κ2) is 6.32. The summed E-state index contributed by atoms with van der Waals surface area (Å²) in [6.45, 7) is 6.84. The van der Waals surface area contributed by atoms with Crippen molar-refractivity contribution in [2.24, 2.45) is 0 Å². The molecule has 3 heterocycles. The molecular formula is C21H22N6. The third-order valence-corrected chi connectivity index (χ3v) is 5.51. The first-order chi connectivity index (χ1) is 13.2. The molecule has 0 saturated heterocycles. The summed E-state index contributed by atoms with van der Waals surface area (Å²) in [6, 6.07) is 14.8. The zero-order valence-electron chi connectivity index (χ0n) is 15.6. The first-order valence-electron chi connectivity index (χ1n) is 9.35. The maximum Gasteiger partial charge on any atom is 0.170 e. The topological polar surface area (TPSA) is 62.6 Å². The van der Waals surface area contributed by atoms with E-state index in [4.69, 9.17) is 0 Å². The number of rotatable bonds is 3. The number of tetrazole rings is 1. The van der Waals surface area contributed by atoms with Gasteiger partial charge in [0.05, 0.1) is 12.2 Å². The van der Waals surface area contributed by atoms with Gasteiger partial charge in [-0.15, -0.1) is 5.10 Å². The molecule has 1 aliphatic heterocycles. The lowest BCUT2D eigenvalue weighted by atomic mass is 10.0. The molecule has 0 spiro atoms. The highest BCUT2D eigenvalue weighted by Gasteiger charge is 2.23. The smallest absolute Gasteiger partial charge is 0.170 e. The molecule has 0 atom stereocenters. The fourth-order valence-corrected chi connectivity index (χ4v) is 4.20. The number of fused-ring (bicyclic) bond motifs is 3. The van der Waals surface area contributed by atoms with Crippen LogP contribution in [0.4, 0.5) is 0 Å². The summed E-state index contributed by atoms with van der Waals surface area (Å²) in [6.07, 6.45) is 1.05. The van der Waals surface area contributed by atoms with Crippen LogP contribution in [0.25, 0.3) is 16.6 Å². The molecule has 4 aromatic rings. The standard InChI is InChI=1S/C21H22N6/c1-14-6-5-7-15(2)21(14)27-20(23-24-25-27)13-26-11-10-17-16-8-3-4-9-18(16)22-19(17)12-26/h3-9,22H,10-13H2,1-2H3. The Balaban J connectivity index is 1.44. The summed E-state index contributed by atoms with van der Waals surface area (Å²) in [5.74, 6) is 0.881. The Morgan fingerprint density at radius 1 is 1.04 bits per heavy atom. The third kappa shape index (κ3) is 2.73. The molecule has 2 aromatic carbocycles. The van der Waals surface area contributed by atoms with Gasteiger partial charge in [0, 0.05) is 29.7 Å². The van der Waals surface area contributed by atoms with Gasteiger partial charge in [-0.1, -0.05) is 36.4 Å². The van der Waals surface area contributed by atoms with E-state index < -0.39 is 0 Å². The number of nitrogens with one attached hydrogen (secondary N) is 1. The SMILES string of the molecule is Cc1cccc(C)c1-n1nnnc1CN1CCc2c([nH]c3ccccc23)C1. The van der Waals surface area contributed by atoms with Gasteiger partial charge in [-0.25, -0.2) is 0 Å². The molecule has 0 unspecified atom stereocenters. The average Bonchev–Trinajstić information content (AvgIpc) is 3.25. The van der Waals surface area contributed by atoms with Crippen molar-refractivity contribution in [3.63, 3.8) is 0 Å². The van der Waals surface area contributed by atoms with Crippen molar-refractivity contribution in [2.45, 2.75) is 33.4 Å². The van der Waals surface area contributed by atoms with Gasteiger partial charge < -0.3 is 4.98 Å². The third-order valence-electron chi connectivity index (χ3n) is 5.51. The fraction of sp³-hybridized carbons (Fsp3) is 0.286.